The maximum absolute atomic E-state index is 12.5. The molecule has 1 atom stereocenters. The van der Waals surface area contributed by atoms with Crippen molar-refractivity contribution in [2.45, 2.75) is 37.7 Å². The first kappa shape index (κ1) is 16.4. The predicted molar refractivity (Wildman–Crippen MR) is 87.3 cm³/mol. The van der Waals surface area contributed by atoms with E-state index in [1.54, 1.807) is 19.5 Å². The molecule has 0 saturated carbocycles. The molecule has 2 fully saturated rings. The number of methoxy groups -OCH3 is 1. The third-order valence-electron chi connectivity index (χ3n) is 5.20. The number of carbonyl (C=O) groups excluding carboxylic acids is 1. The second-order valence-electron chi connectivity index (χ2n) is 6.71. The number of piperidine rings is 1. The van der Waals surface area contributed by atoms with Crippen LogP contribution in [0.2, 0.25) is 0 Å². The van der Waals surface area contributed by atoms with Gasteiger partial charge in [-0.25, -0.2) is 0 Å². The summed E-state index contributed by atoms with van der Waals surface area (Å²) in [7, 11) is 1.76. The van der Waals surface area contributed by atoms with Gasteiger partial charge in [0, 0.05) is 45.8 Å². The molecule has 1 spiro atoms. The number of rotatable bonds is 4. The van der Waals surface area contributed by atoms with Crippen molar-refractivity contribution < 1.29 is 14.3 Å². The van der Waals surface area contributed by atoms with Crippen molar-refractivity contribution >= 4 is 5.91 Å². The molecule has 126 valence electrons. The molecule has 1 unspecified atom stereocenters. The van der Waals surface area contributed by atoms with Gasteiger partial charge in [0.1, 0.15) is 0 Å². The molecule has 1 amide bonds. The molecule has 23 heavy (non-hydrogen) atoms. The summed E-state index contributed by atoms with van der Waals surface area (Å²) in [6, 6.07) is 3.64. The average molecular weight is 318 g/mol. The van der Waals surface area contributed by atoms with Gasteiger partial charge in [0.05, 0.1) is 11.2 Å². The van der Waals surface area contributed by atoms with Gasteiger partial charge in [-0.2, -0.15) is 0 Å². The molecule has 0 aromatic carbocycles. The maximum Gasteiger partial charge on any atom is 0.255 e. The number of likely N-dealkylation sites (tertiary alicyclic amines) is 1. The van der Waals surface area contributed by atoms with Gasteiger partial charge in [0.2, 0.25) is 0 Å². The fourth-order valence-electron chi connectivity index (χ4n) is 3.80. The Morgan fingerprint density at radius 2 is 2.30 bits per heavy atom. The van der Waals surface area contributed by atoms with E-state index in [0.29, 0.717) is 11.5 Å². The molecule has 2 aliphatic rings. The Bertz CT molecular complexity index is 512. The Labute approximate surface area is 138 Å². The lowest BCUT2D eigenvalue weighted by molar-refractivity contribution is -0.125. The van der Waals surface area contributed by atoms with Crippen molar-refractivity contribution in [3.8, 4) is 0 Å². The van der Waals surface area contributed by atoms with E-state index < -0.39 is 0 Å². The number of hydrogen-bond acceptors (Lipinski definition) is 4. The number of aromatic nitrogens is 1. The molecule has 0 bridgehead atoms. The molecule has 2 saturated heterocycles. The van der Waals surface area contributed by atoms with E-state index in [4.69, 9.17) is 9.47 Å². The summed E-state index contributed by atoms with van der Waals surface area (Å²) in [6.07, 6.45) is 8.54. The normalized spacial score (nSPS) is 23.9. The van der Waals surface area contributed by atoms with Gasteiger partial charge in [0.25, 0.3) is 5.91 Å². The molecule has 5 heteroatoms. The number of amides is 1. The van der Waals surface area contributed by atoms with Crippen molar-refractivity contribution in [1.29, 1.82) is 0 Å². The second-order valence-corrected chi connectivity index (χ2v) is 6.71. The van der Waals surface area contributed by atoms with Gasteiger partial charge in [0.15, 0.2) is 0 Å². The molecule has 5 nitrogen and oxygen atoms in total. The van der Waals surface area contributed by atoms with Crippen LogP contribution < -0.4 is 0 Å². The SMILES string of the molecule is COCCC1CCOC2(CCN(C(=O)c3cccnc3)CC2)C1. The van der Waals surface area contributed by atoms with Gasteiger partial charge >= 0.3 is 0 Å². The highest BCUT2D eigenvalue weighted by Gasteiger charge is 2.41. The molecule has 1 aromatic rings. The van der Waals surface area contributed by atoms with Crippen molar-refractivity contribution in [2.75, 3.05) is 33.4 Å². The Hall–Kier alpha value is -1.46. The Morgan fingerprint density at radius 1 is 1.48 bits per heavy atom. The minimum absolute atomic E-state index is 0.0254. The number of carbonyl (C=O) groups is 1. The third-order valence-corrected chi connectivity index (χ3v) is 5.20. The van der Waals surface area contributed by atoms with Crippen molar-refractivity contribution in [1.82, 2.24) is 9.88 Å². The fourth-order valence-corrected chi connectivity index (χ4v) is 3.80. The van der Waals surface area contributed by atoms with Crippen LogP contribution in [0.5, 0.6) is 0 Å². The van der Waals surface area contributed by atoms with Crippen molar-refractivity contribution in [2.24, 2.45) is 5.92 Å². The van der Waals surface area contributed by atoms with Gasteiger partial charge in [-0.15, -0.1) is 0 Å². The van der Waals surface area contributed by atoms with E-state index in [1.165, 1.54) is 0 Å². The molecule has 2 aliphatic heterocycles. The standard InChI is InChI=1S/C18H26N2O3/c1-22-11-4-15-5-12-23-18(13-15)6-9-20(10-7-18)17(21)16-3-2-8-19-14-16/h2-3,8,14-15H,4-7,9-13H2,1H3. The molecule has 1 aromatic heterocycles. The molecule has 0 radical (unpaired) electrons. The van der Waals surface area contributed by atoms with Crippen LogP contribution >= 0.6 is 0 Å². The smallest absolute Gasteiger partial charge is 0.255 e. The van der Waals surface area contributed by atoms with E-state index in [9.17, 15) is 4.79 Å². The predicted octanol–water partition coefficient (Wildman–Crippen LogP) is 2.52. The zero-order valence-corrected chi connectivity index (χ0v) is 13.9. The first-order valence-electron chi connectivity index (χ1n) is 8.55. The van der Waals surface area contributed by atoms with Crippen LogP contribution in [-0.4, -0.2) is 54.8 Å². The van der Waals surface area contributed by atoms with Gasteiger partial charge in [-0.05, 0) is 50.2 Å². The molecule has 0 N–H and O–H groups in total. The van der Waals surface area contributed by atoms with E-state index in [2.05, 4.69) is 4.98 Å². The largest absolute Gasteiger partial charge is 0.385 e. The highest BCUT2D eigenvalue weighted by molar-refractivity contribution is 5.93. The Morgan fingerprint density at radius 3 is 3.00 bits per heavy atom. The first-order chi connectivity index (χ1) is 11.2. The average Bonchev–Trinajstić information content (AvgIpc) is 2.61. The van der Waals surface area contributed by atoms with Crippen molar-refractivity contribution in [3.05, 3.63) is 30.1 Å². The minimum Gasteiger partial charge on any atom is -0.385 e. The number of hydrogen-bond donors (Lipinski definition) is 0. The molecule has 3 rings (SSSR count). The van der Waals surface area contributed by atoms with Crippen LogP contribution in [0.15, 0.2) is 24.5 Å². The monoisotopic (exact) mass is 318 g/mol. The first-order valence-corrected chi connectivity index (χ1v) is 8.55. The quantitative estimate of drug-likeness (QED) is 0.856. The highest BCUT2D eigenvalue weighted by Crippen LogP contribution is 2.38. The summed E-state index contributed by atoms with van der Waals surface area (Å²) in [5, 5.41) is 0. The second kappa shape index (κ2) is 7.41. The van der Waals surface area contributed by atoms with Crippen LogP contribution in [-0.2, 0) is 9.47 Å². The van der Waals surface area contributed by atoms with E-state index in [0.717, 1.165) is 58.4 Å². The van der Waals surface area contributed by atoms with Crippen LogP contribution in [0.1, 0.15) is 42.5 Å². The summed E-state index contributed by atoms with van der Waals surface area (Å²) < 4.78 is 11.4. The Kier molecular flexibility index (Phi) is 5.28. The summed E-state index contributed by atoms with van der Waals surface area (Å²) in [6.45, 7) is 3.20. The van der Waals surface area contributed by atoms with Crippen LogP contribution in [0.25, 0.3) is 0 Å². The Balaban J connectivity index is 1.56. The van der Waals surface area contributed by atoms with Crippen LogP contribution in [0, 0.1) is 5.92 Å². The van der Waals surface area contributed by atoms with Gasteiger partial charge in [-0.1, -0.05) is 0 Å². The molecule has 3 heterocycles. The van der Waals surface area contributed by atoms with Gasteiger partial charge < -0.3 is 14.4 Å². The molecular formula is C18H26N2O3. The lowest BCUT2D eigenvalue weighted by atomic mass is 9.78. The zero-order valence-electron chi connectivity index (χ0n) is 13.9. The summed E-state index contributed by atoms with van der Waals surface area (Å²) in [4.78, 5) is 18.5. The van der Waals surface area contributed by atoms with E-state index in [1.807, 2.05) is 17.0 Å². The summed E-state index contributed by atoms with van der Waals surface area (Å²) in [5.74, 6) is 0.768. The fraction of sp³-hybridized carbons (Fsp3) is 0.667. The molecular weight excluding hydrogens is 292 g/mol. The minimum atomic E-state index is -0.0254. The number of ether oxygens (including phenoxy) is 2. The van der Waals surface area contributed by atoms with Crippen molar-refractivity contribution in [3.63, 3.8) is 0 Å². The third kappa shape index (κ3) is 3.90. The summed E-state index contributed by atoms with van der Waals surface area (Å²) >= 11 is 0. The number of nitrogens with zero attached hydrogens (tertiary/aromatic N) is 2. The lowest BCUT2D eigenvalue weighted by Crippen LogP contribution is -2.50. The number of pyridine rings is 1. The lowest BCUT2D eigenvalue weighted by Gasteiger charge is -2.46. The van der Waals surface area contributed by atoms with E-state index in [-0.39, 0.29) is 11.5 Å². The highest BCUT2D eigenvalue weighted by atomic mass is 16.5. The van der Waals surface area contributed by atoms with Gasteiger partial charge in [-0.3, -0.25) is 9.78 Å². The van der Waals surface area contributed by atoms with Crippen LogP contribution in [0.4, 0.5) is 0 Å². The zero-order chi connectivity index (χ0) is 16.1. The van der Waals surface area contributed by atoms with E-state index >= 15 is 0 Å². The topological polar surface area (TPSA) is 51.7 Å². The summed E-state index contributed by atoms with van der Waals surface area (Å²) in [5.41, 5.74) is 0.647. The maximum atomic E-state index is 12.5. The van der Waals surface area contributed by atoms with Crippen LogP contribution in [0.3, 0.4) is 0 Å². The molecule has 0 aliphatic carbocycles.